The van der Waals surface area contributed by atoms with E-state index < -0.39 is 6.04 Å². The molecule has 0 unspecified atom stereocenters. The van der Waals surface area contributed by atoms with Gasteiger partial charge in [0.25, 0.3) is 5.91 Å². The van der Waals surface area contributed by atoms with E-state index in [0.29, 0.717) is 5.56 Å². The zero-order chi connectivity index (χ0) is 24.4. The first-order valence-corrected chi connectivity index (χ1v) is 12.3. The average molecular weight is 522 g/mol. The third-order valence-electron chi connectivity index (χ3n) is 6.38. The van der Waals surface area contributed by atoms with E-state index >= 15 is 0 Å². The van der Waals surface area contributed by atoms with E-state index in [2.05, 4.69) is 21.2 Å². The van der Waals surface area contributed by atoms with E-state index in [9.17, 15) is 14.4 Å². The summed E-state index contributed by atoms with van der Waals surface area (Å²) < 4.78 is 0.935. The van der Waals surface area contributed by atoms with Crippen molar-refractivity contribution in [1.82, 2.24) is 10.2 Å². The highest BCUT2D eigenvalue weighted by molar-refractivity contribution is 9.10. The Hall–Kier alpha value is -3.19. The molecule has 3 aromatic rings. The lowest BCUT2D eigenvalue weighted by Gasteiger charge is -2.31. The summed E-state index contributed by atoms with van der Waals surface area (Å²) in [6, 6.07) is 18.3. The molecule has 4 rings (SSSR count). The zero-order valence-electron chi connectivity index (χ0n) is 19.5. The van der Waals surface area contributed by atoms with Gasteiger partial charge in [0.2, 0.25) is 11.8 Å². The largest absolute Gasteiger partial charge is 0.352 e. The fourth-order valence-electron chi connectivity index (χ4n) is 4.20. The van der Waals surface area contributed by atoms with Crippen LogP contribution < -0.4 is 10.2 Å². The maximum absolute atomic E-state index is 13.6. The molecular weight excluding hydrogens is 494 g/mol. The monoisotopic (exact) mass is 521 g/mol. The minimum absolute atomic E-state index is 0.00634. The molecule has 1 N–H and O–H groups in total. The second-order valence-electron chi connectivity index (χ2n) is 8.71. The number of anilines is 1. The van der Waals surface area contributed by atoms with Crippen molar-refractivity contribution in [2.75, 3.05) is 11.4 Å². The lowest BCUT2D eigenvalue weighted by Crippen LogP contribution is -2.52. The van der Waals surface area contributed by atoms with Crippen LogP contribution in [0.2, 0.25) is 0 Å². The lowest BCUT2D eigenvalue weighted by molar-refractivity contribution is -0.139. The van der Waals surface area contributed by atoms with Crippen LogP contribution in [0.25, 0.3) is 10.8 Å². The molecule has 1 aliphatic rings. The van der Waals surface area contributed by atoms with E-state index in [1.165, 1.54) is 4.90 Å². The lowest BCUT2D eigenvalue weighted by atomic mass is 10.1. The Balaban J connectivity index is 1.61. The summed E-state index contributed by atoms with van der Waals surface area (Å²) in [6.45, 7) is 5.80. The topological polar surface area (TPSA) is 69.7 Å². The van der Waals surface area contributed by atoms with Gasteiger partial charge in [0.05, 0.1) is 5.69 Å². The molecule has 0 aliphatic carbocycles. The standard InChI is InChI=1S/C27H28BrN3O3/c1-4-17(2)29-26(33)18(3)30(15-19-11-13-21(28)14-12-19)24(32)16-31-23-10-6-8-20-7-5-9-22(25(20)23)27(31)34/h5-14,17-18H,4,15-16H2,1-3H3,(H,29,33)/t17-,18+/m0/s1. The summed E-state index contributed by atoms with van der Waals surface area (Å²) in [4.78, 5) is 42.8. The number of nitrogens with zero attached hydrogens (tertiary/aromatic N) is 2. The second-order valence-corrected chi connectivity index (χ2v) is 9.63. The van der Waals surface area contributed by atoms with Gasteiger partial charge in [-0.05, 0) is 55.5 Å². The first-order chi connectivity index (χ1) is 16.3. The molecule has 0 saturated heterocycles. The molecule has 3 amide bonds. The molecule has 34 heavy (non-hydrogen) atoms. The number of halogens is 1. The molecule has 0 radical (unpaired) electrons. The third-order valence-corrected chi connectivity index (χ3v) is 6.91. The van der Waals surface area contributed by atoms with Crippen molar-refractivity contribution < 1.29 is 14.4 Å². The summed E-state index contributed by atoms with van der Waals surface area (Å²) in [5.41, 5.74) is 2.23. The molecule has 3 aromatic carbocycles. The summed E-state index contributed by atoms with van der Waals surface area (Å²) in [6.07, 6.45) is 0.795. The molecule has 1 aliphatic heterocycles. The SMILES string of the molecule is CC[C@H](C)NC(=O)[C@@H](C)N(Cc1ccc(Br)cc1)C(=O)CN1C(=O)c2cccc3cccc1c23. The van der Waals surface area contributed by atoms with Gasteiger partial charge in [0.15, 0.2) is 0 Å². The highest BCUT2D eigenvalue weighted by Crippen LogP contribution is 2.37. The van der Waals surface area contributed by atoms with Gasteiger partial charge in [0.1, 0.15) is 12.6 Å². The quantitative estimate of drug-likeness (QED) is 0.458. The average Bonchev–Trinajstić information content (AvgIpc) is 3.11. The Morgan fingerprint density at radius 2 is 1.71 bits per heavy atom. The molecule has 0 aromatic heterocycles. The molecule has 0 spiro atoms. The Bertz CT molecular complexity index is 1240. The van der Waals surface area contributed by atoms with Gasteiger partial charge >= 0.3 is 0 Å². The van der Waals surface area contributed by atoms with E-state index in [4.69, 9.17) is 0 Å². The van der Waals surface area contributed by atoms with E-state index in [0.717, 1.165) is 32.9 Å². The third kappa shape index (κ3) is 4.71. The van der Waals surface area contributed by atoms with Crippen molar-refractivity contribution in [3.05, 3.63) is 76.3 Å². The summed E-state index contributed by atoms with van der Waals surface area (Å²) in [5.74, 6) is -0.689. The highest BCUT2D eigenvalue weighted by Gasteiger charge is 2.34. The van der Waals surface area contributed by atoms with Gasteiger partial charge in [-0.15, -0.1) is 0 Å². The minimum Gasteiger partial charge on any atom is -0.352 e. The number of benzene rings is 3. The normalized spacial score (nSPS) is 14.2. The number of amides is 3. The Labute approximate surface area is 208 Å². The second kappa shape index (κ2) is 9.97. The fourth-order valence-corrected chi connectivity index (χ4v) is 4.46. The van der Waals surface area contributed by atoms with Crippen LogP contribution in [0.15, 0.2) is 65.1 Å². The highest BCUT2D eigenvalue weighted by atomic mass is 79.9. The molecule has 1 heterocycles. The molecule has 0 saturated carbocycles. The van der Waals surface area contributed by atoms with Crippen LogP contribution in [0.3, 0.4) is 0 Å². The predicted molar refractivity (Wildman–Crippen MR) is 138 cm³/mol. The van der Waals surface area contributed by atoms with E-state index in [1.807, 2.05) is 68.4 Å². The van der Waals surface area contributed by atoms with Crippen molar-refractivity contribution in [3.8, 4) is 0 Å². The number of carbonyl (C=O) groups is 3. The van der Waals surface area contributed by atoms with Gasteiger partial charge in [0, 0.05) is 28.0 Å². The Morgan fingerprint density at radius 1 is 1.03 bits per heavy atom. The van der Waals surface area contributed by atoms with Crippen molar-refractivity contribution in [1.29, 1.82) is 0 Å². The van der Waals surface area contributed by atoms with Crippen LogP contribution >= 0.6 is 15.9 Å². The smallest absolute Gasteiger partial charge is 0.259 e. The summed E-state index contributed by atoms with van der Waals surface area (Å²) >= 11 is 3.43. The number of carbonyl (C=O) groups excluding carboxylic acids is 3. The van der Waals surface area contributed by atoms with Crippen LogP contribution in [0.4, 0.5) is 5.69 Å². The molecule has 6 nitrogen and oxygen atoms in total. The molecule has 176 valence electrons. The fraction of sp³-hybridized carbons (Fsp3) is 0.296. The number of nitrogens with one attached hydrogen (secondary N) is 1. The predicted octanol–water partition coefficient (Wildman–Crippen LogP) is 4.89. The Kier molecular flexibility index (Phi) is 7.03. The van der Waals surface area contributed by atoms with Gasteiger partial charge < -0.3 is 10.2 Å². The van der Waals surface area contributed by atoms with Gasteiger partial charge in [-0.3, -0.25) is 19.3 Å². The van der Waals surface area contributed by atoms with Crippen molar-refractivity contribution in [2.24, 2.45) is 0 Å². The first kappa shape index (κ1) is 24.0. The van der Waals surface area contributed by atoms with Crippen LogP contribution in [0.5, 0.6) is 0 Å². The number of hydrogen-bond donors (Lipinski definition) is 1. The summed E-state index contributed by atoms with van der Waals surface area (Å²) in [7, 11) is 0. The van der Waals surface area contributed by atoms with E-state index in [-0.39, 0.29) is 36.9 Å². The van der Waals surface area contributed by atoms with Crippen LogP contribution in [0.1, 0.15) is 43.1 Å². The number of hydrogen-bond acceptors (Lipinski definition) is 3. The Morgan fingerprint density at radius 3 is 2.38 bits per heavy atom. The molecular formula is C27H28BrN3O3. The molecule has 7 heteroatoms. The molecule has 0 fully saturated rings. The molecule has 0 bridgehead atoms. The van der Waals surface area contributed by atoms with Crippen LogP contribution in [-0.2, 0) is 16.1 Å². The summed E-state index contributed by atoms with van der Waals surface area (Å²) in [5, 5.41) is 4.80. The van der Waals surface area contributed by atoms with E-state index in [1.54, 1.807) is 17.9 Å². The maximum atomic E-state index is 13.6. The maximum Gasteiger partial charge on any atom is 0.259 e. The minimum atomic E-state index is -0.694. The van der Waals surface area contributed by atoms with Crippen LogP contribution in [-0.4, -0.2) is 41.2 Å². The molecule has 2 atom stereocenters. The zero-order valence-corrected chi connectivity index (χ0v) is 21.1. The van der Waals surface area contributed by atoms with Crippen molar-refractivity contribution in [2.45, 2.75) is 45.8 Å². The van der Waals surface area contributed by atoms with Gasteiger partial charge in [-0.25, -0.2) is 0 Å². The number of rotatable bonds is 8. The van der Waals surface area contributed by atoms with Gasteiger partial charge in [-0.2, -0.15) is 0 Å². The van der Waals surface area contributed by atoms with Crippen molar-refractivity contribution >= 4 is 50.1 Å². The van der Waals surface area contributed by atoms with Crippen LogP contribution in [0, 0.1) is 0 Å². The van der Waals surface area contributed by atoms with Gasteiger partial charge in [-0.1, -0.05) is 59.3 Å². The van der Waals surface area contributed by atoms with Crippen molar-refractivity contribution in [3.63, 3.8) is 0 Å². The first-order valence-electron chi connectivity index (χ1n) is 11.5.